The zero-order valence-electron chi connectivity index (χ0n) is 10.5. The molecule has 1 atom stereocenters. The lowest BCUT2D eigenvalue weighted by atomic mass is 9.95. The molecular weight excluding hydrogens is 230 g/mol. The van der Waals surface area contributed by atoms with Gasteiger partial charge in [-0.2, -0.15) is 0 Å². The van der Waals surface area contributed by atoms with Crippen molar-refractivity contribution in [3.8, 4) is 0 Å². The van der Waals surface area contributed by atoms with Crippen LogP contribution >= 0.6 is 0 Å². The molecule has 5 heteroatoms. The zero-order valence-corrected chi connectivity index (χ0v) is 10.5. The zero-order chi connectivity index (χ0) is 13.2. The number of piperidine rings is 1. The molecule has 0 aromatic heterocycles. The summed E-state index contributed by atoms with van der Waals surface area (Å²) in [5.41, 5.74) is 6.15. The third-order valence-electron chi connectivity index (χ3n) is 3.10. The van der Waals surface area contributed by atoms with E-state index in [2.05, 4.69) is 5.32 Å². The molecule has 1 aliphatic heterocycles. The quantitative estimate of drug-likeness (QED) is 0.662. The topological polar surface area (TPSA) is 78.6 Å². The molecule has 2 amide bonds. The number of urea groups is 1. The summed E-state index contributed by atoms with van der Waals surface area (Å²) in [6.07, 6.45) is 1.55. The predicted octanol–water partition coefficient (Wildman–Crippen LogP) is 1.65. The first-order valence-electron chi connectivity index (χ1n) is 6.10. The molecule has 0 aliphatic carbocycles. The van der Waals surface area contributed by atoms with Gasteiger partial charge in [0.1, 0.15) is 0 Å². The number of hydrogen-bond acceptors (Lipinski definition) is 3. The van der Waals surface area contributed by atoms with Crippen molar-refractivity contribution in [3.63, 3.8) is 0 Å². The summed E-state index contributed by atoms with van der Waals surface area (Å²) < 4.78 is 0. The molecule has 98 valence electrons. The molecule has 1 saturated heterocycles. The molecule has 0 bridgehead atoms. The van der Waals surface area contributed by atoms with E-state index < -0.39 is 5.60 Å². The monoisotopic (exact) mass is 249 g/mol. The number of nitrogens with zero attached hydrogens (tertiary/aromatic N) is 1. The van der Waals surface area contributed by atoms with Crippen molar-refractivity contribution in [1.29, 1.82) is 0 Å². The number of hydrogen-bond donors (Lipinski definition) is 3. The first kappa shape index (κ1) is 12.7. The van der Waals surface area contributed by atoms with Crippen LogP contribution in [0.4, 0.5) is 16.2 Å². The molecule has 1 aromatic rings. The minimum atomic E-state index is -0.786. The second kappa shape index (κ2) is 4.86. The van der Waals surface area contributed by atoms with Gasteiger partial charge in [-0.1, -0.05) is 6.07 Å². The molecule has 18 heavy (non-hydrogen) atoms. The number of nitrogens with two attached hydrogens (primary N) is 1. The lowest BCUT2D eigenvalue weighted by Gasteiger charge is -2.36. The fraction of sp³-hybridized carbons (Fsp3) is 0.462. The molecule has 0 spiro atoms. The Hall–Kier alpha value is -1.75. The van der Waals surface area contributed by atoms with Crippen LogP contribution in [-0.2, 0) is 0 Å². The van der Waals surface area contributed by atoms with Crippen molar-refractivity contribution >= 4 is 17.4 Å². The lowest BCUT2D eigenvalue weighted by molar-refractivity contribution is -0.000634. The van der Waals surface area contributed by atoms with E-state index in [1.165, 1.54) is 0 Å². The van der Waals surface area contributed by atoms with Gasteiger partial charge < -0.3 is 21.1 Å². The van der Waals surface area contributed by atoms with Crippen LogP contribution in [0, 0.1) is 0 Å². The SMILES string of the molecule is CC1(O)CCCN(C(=O)Nc2cccc(N)c2)C1. The minimum Gasteiger partial charge on any atom is -0.399 e. The van der Waals surface area contributed by atoms with E-state index in [0.717, 1.165) is 12.8 Å². The summed E-state index contributed by atoms with van der Waals surface area (Å²) in [4.78, 5) is 13.7. The smallest absolute Gasteiger partial charge is 0.321 e. The van der Waals surface area contributed by atoms with Crippen molar-refractivity contribution in [3.05, 3.63) is 24.3 Å². The van der Waals surface area contributed by atoms with E-state index in [0.29, 0.717) is 24.5 Å². The van der Waals surface area contributed by atoms with E-state index in [-0.39, 0.29) is 6.03 Å². The second-order valence-electron chi connectivity index (χ2n) is 5.08. The van der Waals surface area contributed by atoms with Crippen LogP contribution in [0.2, 0.25) is 0 Å². The first-order chi connectivity index (χ1) is 8.46. The van der Waals surface area contributed by atoms with Crippen molar-refractivity contribution in [2.45, 2.75) is 25.4 Å². The van der Waals surface area contributed by atoms with Crippen LogP contribution in [0.5, 0.6) is 0 Å². The van der Waals surface area contributed by atoms with Crippen LogP contribution < -0.4 is 11.1 Å². The molecule has 1 aliphatic rings. The summed E-state index contributed by atoms with van der Waals surface area (Å²) in [6.45, 7) is 2.79. The maximum absolute atomic E-state index is 12.0. The van der Waals surface area contributed by atoms with Crippen LogP contribution in [0.25, 0.3) is 0 Å². The molecular formula is C13H19N3O2. The van der Waals surface area contributed by atoms with Crippen molar-refractivity contribution in [2.24, 2.45) is 0 Å². The van der Waals surface area contributed by atoms with E-state index in [4.69, 9.17) is 5.73 Å². The van der Waals surface area contributed by atoms with Crippen molar-refractivity contribution in [2.75, 3.05) is 24.1 Å². The number of aliphatic hydroxyl groups is 1. The highest BCUT2D eigenvalue weighted by Gasteiger charge is 2.30. The fourth-order valence-corrected chi connectivity index (χ4v) is 2.21. The van der Waals surface area contributed by atoms with Gasteiger partial charge in [0.25, 0.3) is 0 Å². The van der Waals surface area contributed by atoms with E-state index in [1.807, 2.05) is 0 Å². The summed E-state index contributed by atoms with van der Waals surface area (Å²) in [6, 6.07) is 6.86. The molecule has 1 unspecified atom stereocenters. The number of rotatable bonds is 1. The number of nitrogens with one attached hydrogen (secondary N) is 1. The van der Waals surface area contributed by atoms with Crippen LogP contribution in [-0.4, -0.2) is 34.7 Å². The number of benzene rings is 1. The summed E-state index contributed by atoms with van der Waals surface area (Å²) in [5, 5.41) is 12.7. The summed E-state index contributed by atoms with van der Waals surface area (Å²) in [5.74, 6) is 0. The Bertz CT molecular complexity index is 446. The van der Waals surface area contributed by atoms with Gasteiger partial charge in [-0.3, -0.25) is 0 Å². The number of carbonyl (C=O) groups excluding carboxylic acids is 1. The van der Waals surface area contributed by atoms with Gasteiger partial charge in [-0.05, 0) is 38.0 Å². The number of amides is 2. The first-order valence-corrected chi connectivity index (χ1v) is 6.10. The maximum Gasteiger partial charge on any atom is 0.321 e. The Morgan fingerprint density at radius 1 is 1.56 bits per heavy atom. The van der Waals surface area contributed by atoms with Gasteiger partial charge >= 0.3 is 6.03 Å². The molecule has 0 saturated carbocycles. The third kappa shape index (κ3) is 3.13. The average molecular weight is 249 g/mol. The highest BCUT2D eigenvalue weighted by molar-refractivity contribution is 5.89. The summed E-state index contributed by atoms with van der Waals surface area (Å²) in [7, 11) is 0. The van der Waals surface area contributed by atoms with Crippen molar-refractivity contribution < 1.29 is 9.90 Å². The molecule has 1 aromatic carbocycles. The Morgan fingerprint density at radius 3 is 3.00 bits per heavy atom. The highest BCUT2D eigenvalue weighted by atomic mass is 16.3. The molecule has 5 nitrogen and oxygen atoms in total. The molecule has 2 rings (SSSR count). The van der Waals surface area contributed by atoms with Crippen LogP contribution in [0.3, 0.4) is 0 Å². The van der Waals surface area contributed by atoms with Crippen LogP contribution in [0.1, 0.15) is 19.8 Å². The van der Waals surface area contributed by atoms with Crippen LogP contribution in [0.15, 0.2) is 24.3 Å². The van der Waals surface area contributed by atoms with Gasteiger partial charge in [-0.15, -0.1) is 0 Å². The third-order valence-corrected chi connectivity index (χ3v) is 3.10. The molecule has 1 heterocycles. The Balaban J connectivity index is 2.00. The Kier molecular flexibility index (Phi) is 3.43. The fourth-order valence-electron chi connectivity index (χ4n) is 2.21. The van der Waals surface area contributed by atoms with Gasteiger partial charge in [0, 0.05) is 17.9 Å². The van der Waals surface area contributed by atoms with Gasteiger partial charge in [0.05, 0.1) is 12.1 Å². The van der Waals surface area contributed by atoms with E-state index >= 15 is 0 Å². The minimum absolute atomic E-state index is 0.194. The van der Waals surface area contributed by atoms with Crippen molar-refractivity contribution in [1.82, 2.24) is 4.90 Å². The lowest BCUT2D eigenvalue weighted by Crippen LogP contribution is -2.49. The van der Waals surface area contributed by atoms with E-state index in [1.54, 1.807) is 36.1 Å². The Morgan fingerprint density at radius 2 is 2.33 bits per heavy atom. The van der Waals surface area contributed by atoms with Gasteiger partial charge in [-0.25, -0.2) is 4.79 Å². The molecule has 1 fully saturated rings. The molecule has 0 radical (unpaired) electrons. The average Bonchev–Trinajstić information content (AvgIpc) is 2.27. The number of anilines is 2. The maximum atomic E-state index is 12.0. The molecule has 4 N–H and O–H groups in total. The number of nitrogen functional groups attached to an aromatic ring is 1. The summed E-state index contributed by atoms with van der Waals surface area (Å²) >= 11 is 0. The van der Waals surface area contributed by atoms with Gasteiger partial charge in [0.2, 0.25) is 0 Å². The Labute approximate surface area is 107 Å². The van der Waals surface area contributed by atoms with E-state index in [9.17, 15) is 9.90 Å². The number of likely N-dealkylation sites (tertiary alicyclic amines) is 1. The normalized spacial score (nSPS) is 23.8. The second-order valence-corrected chi connectivity index (χ2v) is 5.08. The highest BCUT2D eigenvalue weighted by Crippen LogP contribution is 2.21. The van der Waals surface area contributed by atoms with Gasteiger partial charge in [0.15, 0.2) is 0 Å². The number of β-amino-alcohol motifs (C(OH)–C–C–N with tert-alkyl or cyclic N) is 1. The largest absolute Gasteiger partial charge is 0.399 e. The predicted molar refractivity (Wildman–Crippen MR) is 71.3 cm³/mol. The standard InChI is InChI=1S/C13H19N3O2/c1-13(18)6-3-7-16(9-13)12(17)15-11-5-2-4-10(14)8-11/h2,4-5,8,18H,3,6-7,9,14H2,1H3,(H,15,17). The number of carbonyl (C=O) groups is 1.